The summed E-state index contributed by atoms with van der Waals surface area (Å²) in [6.45, 7) is 1.13. The summed E-state index contributed by atoms with van der Waals surface area (Å²) in [6.07, 6.45) is -8.58. The maximum absolute atomic E-state index is 12.8. The molecule has 0 amide bonds. The van der Waals surface area contributed by atoms with Crippen LogP contribution in [0.5, 0.6) is 0 Å². The van der Waals surface area contributed by atoms with Crippen LogP contribution < -0.4 is 0 Å². The predicted molar refractivity (Wildman–Crippen MR) is 35.1 cm³/mol. The fraction of sp³-hybridized carbons (Fsp3) is 0.714. The second-order valence-electron chi connectivity index (χ2n) is 2.59. The minimum absolute atomic E-state index is 0.0883. The SMILES string of the molecule is CCC(=C(F)F)C(C)(F)C(F)(F)F. The van der Waals surface area contributed by atoms with Crippen molar-refractivity contribution in [2.24, 2.45) is 0 Å². The quantitative estimate of drug-likeness (QED) is 0.602. The van der Waals surface area contributed by atoms with Gasteiger partial charge in [0.2, 0.25) is 5.67 Å². The molecule has 0 fully saturated rings. The lowest BCUT2D eigenvalue weighted by Gasteiger charge is -2.24. The van der Waals surface area contributed by atoms with E-state index in [1.807, 2.05) is 0 Å². The van der Waals surface area contributed by atoms with E-state index in [0.717, 1.165) is 6.92 Å². The summed E-state index contributed by atoms with van der Waals surface area (Å²) >= 11 is 0. The Balaban J connectivity index is 5.15. The summed E-state index contributed by atoms with van der Waals surface area (Å²) in [6, 6.07) is 0. The average molecular weight is 206 g/mol. The van der Waals surface area contributed by atoms with Gasteiger partial charge in [0.25, 0.3) is 6.08 Å². The molecule has 0 rings (SSSR count). The highest BCUT2D eigenvalue weighted by molar-refractivity contribution is 5.18. The Hall–Kier alpha value is -0.680. The molecule has 0 aromatic rings. The Morgan fingerprint density at radius 1 is 1.08 bits per heavy atom. The molecule has 0 N–H and O–H groups in total. The van der Waals surface area contributed by atoms with E-state index < -0.39 is 29.9 Å². The Morgan fingerprint density at radius 2 is 1.46 bits per heavy atom. The molecule has 13 heavy (non-hydrogen) atoms. The molecule has 0 heterocycles. The molecule has 0 aromatic carbocycles. The van der Waals surface area contributed by atoms with Gasteiger partial charge in [0.15, 0.2) is 0 Å². The first-order valence-electron chi connectivity index (χ1n) is 3.44. The predicted octanol–water partition coefficient (Wildman–Crippen LogP) is 3.84. The first kappa shape index (κ1) is 12.3. The summed E-state index contributed by atoms with van der Waals surface area (Å²) < 4.78 is 72.2. The molecule has 0 radical (unpaired) electrons. The van der Waals surface area contributed by atoms with Crippen molar-refractivity contribution in [3.63, 3.8) is 0 Å². The first-order valence-corrected chi connectivity index (χ1v) is 3.44. The maximum Gasteiger partial charge on any atom is 0.426 e. The molecule has 0 saturated carbocycles. The lowest BCUT2D eigenvalue weighted by molar-refractivity contribution is -0.211. The number of rotatable bonds is 2. The van der Waals surface area contributed by atoms with E-state index in [-0.39, 0.29) is 6.92 Å². The van der Waals surface area contributed by atoms with Crippen LogP contribution in [0.3, 0.4) is 0 Å². The zero-order chi connectivity index (χ0) is 10.9. The van der Waals surface area contributed by atoms with E-state index in [9.17, 15) is 26.3 Å². The van der Waals surface area contributed by atoms with Crippen molar-refractivity contribution >= 4 is 0 Å². The average Bonchev–Trinajstić information content (AvgIpc) is 1.83. The van der Waals surface area contributed by atoms with Crippen molar-refractivity contribution in [1.82, 2.24) is 0 Å². The highest BCUT2D eigenvalue weighted by Crippen LogP contribution is 2.42. The monoisotopic (exact) mass is 206 g/mol. The van der Waals surface area contributed by atoms with E-state index >= 15 is 0 Å². The molecule has 0 aliphatic rings. The van der Waals surface area contributed by atoms with Crippen LogP contribution in [0.25, 0.3) is 0 Å². The van der Waals surface area contributed by atoms with Crippen LogP contribution in [0, 0.1) is 0 Å². The molecule has 0 bridgehead atoms. The van der Waals surface area contributed by atoms with Crippen LogP contribution in [-0.4, -0.2) is 11.8 Å². The van der Waals surface area contributed by atoms with Crippen LogP contribution in [-0.2, 0) is 0 Å². The zero-order valence-corrected chi connectivity index (χ0v) is 6.97. The lowest BCUT2D eigenvalue weighted by Crippen LogP contribution is -2.39. The van der Waals surface area contributed by atoms with Crippen molar-refractivity contribution in [1.29, 1.82) is 0 Å². The van der Waals surface area contributed by atoms with Gasteiger partial charge in [-0.05, 0) is 13.3 Å². The third-order valence-corrected chi connectivity index (χ3v) is 1.68. The molecule has 0 spiro atoms. The van der Waals surface area contributed by atoms with Crippen molar-refractivity contribution in [3.8, 4) is 0 Å². The fourth-order valence-corrected chi connectivity index (χ4v) is 0.814. The van der Waals surface area contributed by atoms with Gasteiger partial charge < -0.3 is 0 Å². The largest absolute Gasteiger partial charge is 0.426 e. The van der Waals surface area contributed by atoms with Gasteiger partial charge in [0, 0.05) is 5.57 Å². The molecule has 0 aliphatic carbocycles. The van der Waals surface area contributed by atoms with Crippen LogP contribution in [0.4, 0.5) is 26.3 Å². The van der Waals surface area contributed by atoms with Gasteiger partial charge in [-0.15, -0.1) is 0 Å². The molecule has 0 aromatic heterocycles. The van der Waals surface area contributed by atoms with Crippen molar-refractivity contribution in [2.45, 2.75) is 32.1 Å². The molecule has 1 atom stereocenters. The second kappa shape index (κ2) is 3.59. The van der Waals surface area contributed by atoms with Gasteiger partial charge in [0.1, 0.15) is 0 Å². The summed E-state index contributed by atoms with van der Waals surface area (Å²) in [5.41, 5.74) is -5.46. The molecule has 0 aliphatic heterocycles. The normalized spacial score (nSPS) is 16.6. The number of allylic oxidation sites excluding steroid dienone is 1. The van der Waals surface area contributed by atoms with Gasteiger partial charge in [-0.2, -0.15) is 22.0 Å². The van der Waals surface area contributed by atoms with Crippen LogP contribution in [0.1, 0.15) is 20.3 Å². The van der Waals surface area contributed by atoms with E-state index in [2.05, 4.69) is 0 Å². The van der Waals surface area contributed by atoms with Gasteiger partial charge in [-0.25, -0.2) is 4.39 Å². The molecule has 1 unspecified atom stereocenters. The fourth-order valence-electron chi connectivity index (χ4n) is 0.814. The van der Waals surface area contributed by atoms with Crippen LogP contribution in [0.2, 0.25) is 0 Å². The molecule has 78 valence electrons. The Morgan fingerprint density at radius 3 is 1.54 bits per heavy atom. The number of hydrogen-bond acceptors (Lipinski definition) is 0. The van der Waals surface area contributed by atoms with E-state index in [1.54, 1.807) is 0 Å². The molecular weight excluding hydrogens is 198 g/mol. The Kier molecular flexibility index (Phi) is 3.40. The lowest BCUT2D eigenvalue weighted by atomic mass is 9.96. The van der Waals surface area contributed by atoms with Crippen molar-refractivity contribution < 1.29 is 26.3 Å². The van der Waals surface area contributed by atoms with E-state index in [4.69, 9.17) is 0 Å². The molecule has 6 heteroatoms. The standard InChI is InChI=1S/C7H8F6/c1-3-4(5(8)9)6(2,10)7(11,12)13/h3H2,1-2H3. The molecule has 0 nitrogen and oxygen atoms in total. The topological polar surface area (TPSA) is 0 Å². The van der Waals surface area contributed by atoms with Gasteiger partial charge in [0.05, 0.1) is 0 Å². The first-order chi connectivity index (χ1) is 5.64. The summed E-state index contributed by atoms with van der Waals surface area (Å²) in [7, 11) is 0. The van der Waals surface area contributed by atoms with Crippen molar-refractivity contribution in [3.05, 3.63) is 11.7 Å². The van der Waals surface area contributed by atoms with Gasteiger partial charge in [-0.3, -0.25) is 0 Å². The van der Waals surface area contributed by atoms with Crippen molar-refractivity contribution in [2.75, 3.05) is 0 Å². The van der Waals surface area contributed by atoms with Gasteiger partial charge in [-0.1, -0.05) is 6.92 Å². The number of hydrogen-bond donors (Lipinski definition) is 0. The smallest absolute Gasteiger partial charge is 0.229 e. The summed E-state index contributed by atoms with van der Waals surface area (Å²) in [4.78, 5) is 0. The Bertz CT molecular complexity index is 208. The minimum atomic E-state index is -5.30. The number of alkyl halides is 4. The molecular formula is C7H8F6. The second-order valence-corrected chi connectivity index (χ2v) is 2.59. The Labute approximate surface area is 71.2 Å². The van der Waals surface area contributed by atoms with Gasteiger partial charge >= 0.3 is 6.18 Å². The minimum Gasteiger partial charge on any atom is -0.229 e. The third-order valence-electron chi connectivity index (χ3n) is 1.68. The van der Waals surface area contributed by atoms with Crippen LogP contribution in [0.15, 0.2) is 11.7 Å². The molecule has 0 saturated heterocycles. The summed E-state index contributed by atoms with van der Waals surface area (Å²) in [5.74, 6) is 0. The third kappa shape index (κ3) is 2.38. The highest BCUT2D eigenvalue weighted by atomic mass is 19.4. The van der Waals surface area contributed by atoms with Crippen LogP contribution >= 0.6 is 0 Å². The summed E-state index contributed by atoms with van der Waals surface area (Å²) in [5, 5.41) is 0. The number of halogens is 6. The zero-order valence-electron chi connectivity index (χ0n) is 6.97. The highest BCUT2D eigenvalue weighted by Gasteiger charge is 2.55. The van der Waals surface area contributed by atoms with E-state index in [0.29, 0.717) is 0 Å². The van der Waals surface area contributed by atoms with E-state index in [1.165, 1.54) is 0 Å². The maximum atomic E-state index is 12.8.